The van der Waals surface area contributed by atoms with Crippen molar-refractivity contribution in [2.75, 3.05) is 6.54 Å². The maximum Gasteiger partial charge on any atom is 0.263 e. The van der Waals surface area contributed by atoms with E-state index in [0.717, 1.165) is 22.6 Å². The van der Waals surface area contributed by atoms with Crippen LogP contribution in [0.3, 0.4) is 0 Å². The van der Waals surface area contributed by atoms with Gasteiger partial charge in [-0.2, -0.15) is 0 Å². The van der Waals surface area contributed by atoms with Crippen molar-refractivity contribution in [3.8, 4) is 0 Å². The van der Waals surface area contributed by atoms with Crippen molar-refractivity contribution in [1.82, 2.24) is 4.90 Å². The van der Waals surface area contributed by atoms with Crippen LogP contribution in [0.25, 0.3) is 6.08 Å². The van der Waals surface area contributed by atoms with Crippen molar-refractivity contribution >= 4 is 29.2 Å². The van der Waals surface area contributed by atoms with E-state index < -0.39 is 0 Å². The van der Waals surface area contributed by atoms with Crippen LogP contribution in [0.5, 0.6) is 0 Å². The van der Waals surface area contributed by atoms with E-state index in [9.17, 15) is 9.59 Å². The van der Waals surface area contributed by atoms with Crippen LogP contribution in [0, 0.1) is 6.92 Å². The summed E-state index contributed by atoms with van der Waals surface area (Å²) in [5.74, 6) is -0.205. The molecular weight excluding hydrogens is 294 g/mol. The highest BCUT2D eigenvalue weighted by Crippen LogP contribution is 2.36. The summed E-state index contributed by atoms with van der Waals surface area (Å²) < 4.78 is 0. The molecule has 0 saturated heterocycles. The first-order chi connectivity index (χ1) is 10.6. The number of aryl methyl sites for hydroxylation is 1. The zero-order valence-corrected chi connectivity index (χ0v) is 14.6. The number of hydrogen-bond acceptors (Lipinski definition) is 3. The van der Waals surface area contributed by atoms with Crippen LogP contribution < -0.4 is 0 Å². The lowest BCUT2D eigenvalue weighted by Crippen LogP contribution is -2.31. The molecule has 3 nitrogen and oxygen atoms in total. The monoisotopic (exact) mass is 319 g/mol. The van der Waals surface area contributed by atoms with E-state index in [4.69, 9.17) is 0 Å². The summed E-state index contributed by atoms with van der Waals surface area (Å²) in [7, 11) is 0. The smallest absolute Gasteiger partial charge is 0.263 e. The van der Waals surface area contributed by atoms with Crippen molar-refractivity contribution in [2.24, 2.45) is 0 Å². The zero-order valence-electron chi connectivity index (χ0n) is 13.8. The number of amides is 2. The molecule has 1 aliphatic heterocycles. The molecule has 1 aromatic rings. The van der Waals surface area contributed by atoms with Gasteiger partial charge in [0.05, 0.1) is 11.1 Å². The number of allylic oxidation sites excluding steroid dienone is 1. The standard InChI is InChI=1S/C18H25NO2S/c1-4-6-7-8-9-10-12-19-17(20)15-13(3)22-14(11-5-2)16(15)18(19)21/h5,11H,4,6-10,12H2,1-3H3/b11-5+. The molecule has 0 aliphatic carbocycles. The molecule has 2 amide bonds. The Labute approximate surface area is 137 Å². The Morgan fingerprint density at radius 1 is 1.00 bits per heavy atom. The number of nitrogens with zero attached hydrogens (tertiary/aromatic N) is 1. The maximum absolute atomic E-state index is 12.6. The van der Waals surface area contributed by atoms with Crippen molar-refractivity contribution in [1.29, 1.82) is 0 Å². The molecule has 0 aromatic carbocycles. The average molecular weight is 319 g/mol. The average Bonchev–Trinajstić information content (AvgIpc) is 2.94. The van der Waals surface area contributed by atoms with Gasteiger partial charge >= 0.3 is 0 Å². The third-order valence-corrected chi connectivity index (χ3v) is 5.15. The van der Waals surface area contributed by atoms with Gasteiger partial charge in [0, 0.05) is 16.3 Å². The Bertz CT molecular complexity index is 586. The second-order valence-electron chi connectivity index (χ2n) is 5.80. The molecule has 0 N–H and O–H groups in total. The molecule has 0 saturated carbocycles. The number of unbranched alkanes of at least 4 members (excludes halogenated alkanes) is 5. The first-order valence-electron chi connectivity index (χ1n) is 8.24. The normalized spacial score (nSPS) is 14.4. The van der Waals surface area contributed by atoms with Gasteiger partial charge in [-0.1, -0.05) is 45.1 Å². The molecule has 0 atom stereocenters. The number of hydrogen-bond donors (Lipinski definition) is 0. The highest BCUT2D eigenvalue weighted by atomic mass is 32.1. The second kappa shape index (κ2) is 7.73. The van der Waals surface area contributed by atoms with Crippen molar-refractivity contribution < 1.29 is 9.59 Å². The number of carbonyl (C=O) groups is 2. The Hall–Kier alpha value is -1.42. The Morgan fingerprint density at radius 3 is 2.32 bits per heavy atom. The number of imide groups is 1. The first-order valence-corrected chi connectivity index (χ1v) is 9.05. The van der Waals surface area contributed by atoms with Gasteiger partial charge in [-0.3, -0.25) is 14.5 Å². The van der Waals surface area contributed by atoms with E-state index in [1.165, 1.54) is 41.9 Å². The lowest BCUT2D eigenvalue weighted by atomic mass is 10.1. The van der Waals surface area contributed by atoms with Gasteiger partial charge in [0.25, 0.3) is 11.8 Å². The fourth-order valence-corrected chi connectivity index (χ4v) is 4.04. The Morgan fingerprint density at radius 2 is 1.64 bits per heavy atom. The predicted molar refractivity (Wildman–Crippen MR) is 92.5 cm³/mol. The fourth-order valence-electron chi connectivity index (χ4n) is 2.92. The van der Waals surface area contributed by atoms with E-state index in [2.05, 4.69) is 6.92 Å². The van der Waals surface area contributed by atoms with E-state index >= 15 is 0 Å². The minimum Gasteiger partial charge on any atom is -0.274 e. The fraction of sp³-hybridized carbons (Fsp3) is 0.556. The lowest BCUT2D eigenvalue weighted by Gasteiger charge is -2.14. The third kappa shape index (κ3) is 3.32. The van der Waals surface area contributed by atoms with Crippen LogP contribution in [-0.4, -0.2) is 23.3 Å². The minimum atomic E-state index is -0.106. The largest absolute Gasteiger partial charge is 0.274 e. The number of carbonyl (C=O) groups excluding carboxylic acids is 2. The molecule has 0 bridgehead atoms. The van der Waals surface area contributed by atoms with Crippen LogP contribution in [0.2, 0.25) is 0 Å². The molecule has 2 rings (SSSR count). The number of rotatable bonds is 8. The molecule has 0 radical (unpaired) electrons. The van der Waals surface area contributed by atoms with Crippen molar-refractivity contribution in [3.05, 3.63) is 27.0 Å². The number of fused-ring (bicyclic) bond motifs is 1. The quantitative estimate of drug-likeness (QED) is 0.497. The van der Waals surface area contributed by atoms with E-state index in [-0.39, 0.29) is 11.8 Å². The van der Waals surface area contributed by atoms with Crippen LogP contribution >= 0.6 is 11.3 Å². The van der Waals surface area contributed by atoms with Gasteiger partial charge in [-0.15, -0.1) is 11.3 Å². The van der Waals surface area contributed by atoms with Crippen LogP contribution in [-0.2, 0) is 0 Å². The third-order valence-electron chi connectivity index (χ3n) is 4.08. The second-order valence-corrected chi connectivity index (χ2v) is 7.06. The van der Waals surface area contributed by atoms with Gasteiger partial charge < -0.3 is 0 Å². The first kappa shape index (κ1) is 16.9. The summed E-state index contributed by atoms with van der Waals surface area (Å²) in [5.41, 5.74) is 1.26. The Balaban J connectivity index is 2.00. The topological polar surface area (TPSA) is 37.4 Å². The van der Waals surface area contributed by atoms with Gasteiger partial charge in [0.1, 0.15) is 0 Å². The number of thiophene rings is 1. The summed E-state index contributed by atoms with van der Waals surface area (Å²) in [4.78, 5) is 28.4. The molecule has 22 heavy (non-hydrogen) atoms. The summed E-state index contributed by atoms with van der Waals surface area (Å²) in [5, 5.41) is 0. The van der Waals surface area contributed by atoms with Gasteiger partial charge in [-0.25, -0.2) is 0 Å². The summed E-state index contributed by atoms with van der Waals surface area (Å²) in [6.07, 6.45) is 10.8. The summed E-state index contributed by atoms with van der Waals surface area (Å²) in [6.45, 7) is 6.61. The molecule has 1 aliphatic rings. The molecule has 120 valence electrons. The van der Waals surface area contributed by atoms with E-state index in [0.29, 0.717) is 17.7 Å². The van der Waals surface area contributed by atoms with Gasteiger partial charge in [0.15, 0.2) is 0 Å². The molecule has 0 spiro atoms. The highest BCUT2D eigenvalue weighted by molar-refractivity contribution is 7.13. The van der Waals surface area contributed by atoms with Gasteiger partial charge in [-0.05, 0) is 26.3 Å². The molecule has 0 unspecified atom stereocenters. The van der Waals surface area contributed by atoms with Gasteiger partial charge in [0.2, 0.25) is 0 Å². The lowest BCUT2D eigenvalue weighted by molar-refractivity contribution is 0.0651. The van der Waals surface area contributed by atoms with E-state index in [1.807, 2.05) is 26.0 Å². The minimum absolute atomic E-state index is 0.0990. The maximum atomic E-state index is 12.6. The van der Waals surface area contributed by atoms with Crippen molar-refractivity contribution in [3.63, 3.8) is 0 Å². The van der Waals surface area contributed by atoms with Crippen LogP contribution in [0.4, 0.5) is 0 Å². The predicted octanol–water partition coefficient (Wildman–Crippen LogP) is 5.05. The van der Waals surface area contributed by atoms with Crippen LogP contribution in [0.1, 0.15) is 82.8 Å². The zero-order chi connectivity index (χ0) is 16.1. The molecule has 0 fully saturated rings. The molecule has 1 aromatic heterocycles. The highest BCUT2D eigenvalue weighted by Gasteiger charge is 2.39. The Kier molecular flexibility index (Phi) is 5.95. The van der Waals surface area contributed by atoms with Crippen LogP contribution in [0.15, 0.2) is 6.08 Å². The SMILES string of the molecule is C/C=C/c1sc(C)c2c1C(=O)N(CCCCCCCC)C2=O. The summed E-state index contributed by atoms with van der Waals surface area (Å²) in [6, 6.07) is 0. The summed E-state index contributed by atoms with van der Waals surface area (Å²) >= 11 is 1.53. The molecular formula is C18H25NO2S. The molecule has 2 heterocycles. The van der Waals surface area contributed by atoms with Crippen molar-refractivity contribution in [2.45, 2.75) is 59.3 Å². The molecule has 4 heteroatoms. The van der Waals surface area contributed by atoms with E-state index in [1.54, 1.807) is 0 Å².